The fourth-order valence-corrected chi connectivity index (χ4v) is 3.56. The molecule has 0 aliphatic carbocycles. The number of aromatic nitrogens is 1. The number of hydrogen-bond acceptors (Lipinski definition) is 4. The molecule has 5 heteroatoms. The van der Waals surface area contributed by atoms with Gasteiger partial charge in [-0.3, -0.25) is 4.79 Å². The van der Waals surface area contributed by atoms with Gasteiger partial charge in [-0.05, 0) is 37.9 Å². The highest BCUT2D eigenvalue weighted by Gasteiger charge is 2.21. The first-order chi connectivity index (χ1) is 11.3. The molecule has 0 atom stereocenters. The average molecular weight is 329 g/mol. The Balaban J connectivity index is 1.44. The summed E-state index contributed by atoms with van der Waals surface area (Å²) in [5, 5.41) is 1.84. The van der Waals surface area contributed by atoms with Crippen molar-refractivity contribution < 1.29 is 4.79 Å². The minimum absolute atomic E-state index is 0.0809. The Bertz CT molecular complexity index is 600. The molecule has 2 heterocycles. The van der Waals surface area contributed by atoms with Crippen molar-refractivity contribution in [3.05, 3.63) is 52.5 Å². The maximum Gasteiger partial charge on any atom is 0.273 e. The standard InChI is InChI=1S/C18H23N3OS/c22-18(17-14-23-15-19-17)21-11-5-10-20(12-13-21)9-4-8-16-6-2-1-3-7-16/h1-3,6-7,14-15H,4-5,8-13H2. The fourth-order valence-electron chi connectivity index (χ4n) is 3.03. The van der Waals surface area contributed by atoms with Crippen molar-refractivity contribution in [3.8, 4) is 0 Å². The first-order valence-corrected chi connectivity index (χ1v) is 9.21. The summed E-state index contributed by atoms with van der Waals surface area (Å²) < 4.78 is 0. The van der Waals surface area contributed by atoms with Gasteiger partial charge in [-0.25, -0.2) is 4.98 Å². The molecular formula is C18H23N3OS. The second kappa shape index (κ2) is 8.22. The zero-order valence-electron chi connectivity index (χ0n) is 13.4. The Morgan fingerprint density at radius 3 is 2.78 bits per heavy atom. The Morgan fingerprint density at radius 2 is 2.00 bits per heavy atom. The van der Waals surface area contributed by atoms with Crippen molar-refractivity contribution in [2.24, 2.45) is 0 Å². The second-order valence-corrected chi connectivity index (χ2v) is 6.67. The molecule has 122 valence electrons. The lowest BCUT2D eigenvalue weighted by atomic mass is 10.1. The van der Waals surface area contributed by atoms with Gasteiger partial charge in [-0.15, -0.1) is 11.3 Å². The molecular weight excluding hydrogens is 306 g/mol. The first kappa shape index (κ1) is 16.1. The molecule has 1 saturated heterocycles. The Morgan fingerprint density at radius 1 is 1.13 bits per heavy atom. The number of benzene rings is 1. The molecule has 0 N–H and O–H groups in total. The molecule has 0 saturated carbocycles. The zero-order valence-corrected chi connectivity index (χ0v) is 14.2. The van der Waals surface area contributed by atoms with Gasteiger partial charge in [0.25, 0.3) is 5.91 Å². The Kier molecular flexibility index (Phi) is 5.77. The third-order valence-corrected chi connectivity index (χ3v) is 4.90. The number of aryl methyl sites for hydroxylation is 1. The van der Waals surface area contributed by atoms with E-state index in [9.17, 15) is 4.79 Å². The number of thiazole rings is 1. The number of amides is 1. The minimum atomic E-state index is 0.0809. The van der Waals surface area contributed by atoms with Crippen LogP contribution < -0.4 is 0 Å². The summed E-state index contributed by atoms with van der Waals surface area (Å²) in [6.07, 6.45) is 3.34. The summed E-state index contributed by atoms with van der Waals surface area (Å²) in [5.41, 5.74) is 3.72. The molecule has 1 aliphatic heterocycles. The molecule has 4 nitrogen and oxygen atoms in total. The van der Waals surface area contributed by atoms with Crippen LogP contribution >= 0.6 is 11.3 Å². The molecule has 0 radical (unpaired) electrons. The Labute approximate surface area is 141 Å². The molecule has 3 rings (SSSR count). The monoisotopic (exact) mass is 329 g/mol. The van der Waals surface area contributed by atoms with Crippen LogP contribution in [-0.2, 0) is 6.42 Å². The Hall–Kier alpha value is -1.72. The van der Waals surface area contributed by atoms with Crippen molar-refractivity contribution >= 4 is 17.2 Å². The van der Waals surface area contributed by atoms with Crippen molar-refractivity contribution in [2.75, 3.05) is 32.7 Å². The van der Waals surface area contributed by atoms with Crippen LogP contribution in [0.1, 0.15) is 28.9 Å². The van der Waals surface area contributed by atoms with E-state index in [4.69, 9.17) is 0 Å². The second-order valence-electron chi connectivity index (χ2n) is 5.95. The molecule has 0 unspecified atom stereocenters. The lowest BCUT2D eigenvalue weighted by Gasteiger charge is -2.21. The van der Waals surface area contributed by atoms with E-state index in [0.717, 1.165) is 45.6 Å². The van der Waals surface area contributed by atoms with Crippen molar-refractivity contribution in [3.63, 3.8) is 0 Å². The van der Waals surface area contributed by atoms with Crippen LogP contribution in [0.3, 0.4) is 0 Å². The normalized spacial score (nSPS) is 16.3. The van der Waals surface area contributed by atoms with Crippen LogP contribution in [0, 0.1) is 0 Å². The van der Waals surface area contributed by atoms with Crippen LogP contribution in [0.25, 0.3) is 0 Å². The maximum absolute atomic E-state index is 12.4. The summed E-state index contributed by atoms with van der Waals surface area (Å²) in [6, 6.07) is 10.6. The largest absolute Gasteiger partial charge is 0.336 e. The predicted molar refractivity (Wildman–Crippen MR) is 93.8 cm³/mol. The lowest BCUT2D eigenvalue weighted by molar-refractivity contribution is 0.0756. The highest BCUT2D eigenvalue weighted by molar-refractivity contribution is 7.07. The van der Waals surface area contributed by atoms with Crippen molar-refractivity contribution in [1.82, 2.24) is 14.8 Å². The number of carbonyl (C=O) groups is 1. The molecule has 0 spiro atoms. The summed E-state index contributed by atoms with van der Waals surface area (Å²) in [7, 11) is 0. The maximum atomic E-state index is 12.4. The van der Waals surface area contributed by atoms with E-state index in [2.05, 4.69) is 40.2 Å². The van der Waals surface area contributed by atoms with Gasteiger partial charge in [0.2, 0.25) is 0 Å². The summed E-state index contributed by atoms with van der Waals surface area (Å²) in [6.45, 7) is 4.79. The van der Waals surface area contributed by atoms with Crippen LogP contribution in [0.4, 0.5) is 0 Å². The summed E-state index contributed by atoms with van der Waals surface area (Å²) >= 11 is 1.48. The lowest BCUT2D eigenvalue weighted by Crippen LogP contribution is -2.35. The smallest absolute Gasteiger partial charge is 0.273 e. The number of carbonyl (C=O) groups excluding carboxylic acids is 1. The third-order valence-electron chi connectivity index (χ3n) is 4.31. The molecule has 0 bridgehead atoms. The van der Waals surface area contributed by atoms with Crippen LogP contribution in [0.5, 0.6) is 0 Å². The molecule has 2 aromatic rings. The average Bonchev–Trinajstić information content (AvgIpc) is 3.02. The fraction of sp³-hybridized carbons (Fsp3) is 0.444. The number of hydrogen-bond donors (Lipinski definition) is 0. The minimum Gasteiger partial charge on any atom is -0.336 e. The van der Waals surface area contributed by atoms with Crippen LogP contribution in [0.15, 0.2) is 41.2 Å². The number of rotatable bonds is 5. The van der Waals surface area contributed by atoms with Gasteiger partial charge in [0.05, 0.1) is 5.51 Å². The predicted octanol–water partition coefficient (Wildman–Crippen LogP) is 2.92. The van der Waals surface area contributed by atoms with Crippen LogP contribution in [0.2, 0.25) is 0 Å². The molecule has 1 aromatic carbocycles. The van der Waals surface area contributed by atoms with Crippen molar-refractivity contribution in [1.29, 1.82) is 0 Å². The molecule has 1 amide bonds. The van der Waals surface area contributed by atoms with Crippen LogP contribution in [-0.4, -0.2) is 53.4 Å². The van der Waals surface area contributed by atoms with E-state index in [1.54, 1.807) is 5.51 Å². The quantitative estimate of drug-likeness (QED) is 0.846. The SMILES string of the molecule is O=C(c1cscn1)N1CCCN(CCCc2ccccc2)CC1. The van der Waals surface area contributed by atoms with Gasteiger partial charge in [0, 0.05) is 25.0 Å². The first-order valence-electron chi connectivity index (χ1n) is 8.26. The van der Waals surface area contributed by atoms with Crippen molar-refractivity contribution in [2.45, 2.75) is 19.3 Å². The van der Waals surface area contributed by atoms with Gasteiger partial charge >= 0.3 is 0 Å². The van der Waals surface area contributed by atoms with Gasteiger partial charge in [0.15, 0.2) is 0 Å². The zero-order chi connectivity index (χ0) is 15.9. The number of nitrogens with zero attached hydrogens (tertiary/aromatic N) is 3. The van der Waals surface area contributed by atoms with Gasteiger partial charge < -0.3 is 9.80 Å². The topological polar surface area (TPSA) is 36.4 Å². The van der Waals surface area contributed by atoms with E-state index >= 15 is 0 Å². The van der Waals surface area contributed by atoms with Gasteiger partial charge in [-0.2, -0.15) is 0 Å². The van der Waals surface area contributed by atoms with Gasteiger partial charge in [-0.1, -0.05) is 30.3 Å². The summed E-state index contributed by atoms with van der Waals surface area (Å²) in [5.74, 6) is 0.0809. The molecule has 1 aromatic heterocycles. The third kappa shape index (κ3) is 4.62. The highest BCUT2D eigenvalue weighted by atomic mass is 32.1. The van der Waals surface area contributed by atoms with E-state index in [1.165, 1.54) is 23.3 Å². The van der Waals surface area contributed by atoms with E-state index in [1.807, 2.05) is 10.3 Å². The molecule has 23 heavy (non-hydrogen) atoms. The summed E-state index contributed by atoms with van der Waals surface area (Å²) in [4.78, 5) is 20.9. The molecule has 1 aliphatic rings. The highest BCUT2D eigenvalue weighted by Crippen LogP contribution is 2.11. The van der Waals surface area contributed by atoms with E-state index < -0.39 is 0 Å². The van der Waals surface area contributed by atoms with E-state index in [-0.39, 0.29) is 5.91 Å². The molecule has 1 fully saturated rings. The van der Waals surface area contributed by atoms with E-state index in [0.29, 0.717) is 5.69 Å². The van der Waals surface area contributed by atoms with Gasteiger partial charge in [0.1, 0.15) is 5.69 Å².